The lowest BCUT2D eigenvalue weighted by molar-refractivity contribution is 0.708. The number of rotatable bonds is 3. The molecule has 0 aliphatic heterocycles. The predicted molar refractivity (Wildman–Crippen MR) is 79.6 cm³/mol. The van der Waals surface area contributed by atoms with Gasteiger partial charge in [0.25, 0.3) is 0 Å². The first-order valence-electron chi connectivity index (χ1n) is 6.96. The van der Waals surface area contributed by atoms with Crippen LogP contribution in [-0.2, 0) is 12.8 Å². The molecule has 0 saturated carbocycles. The number of nitrogens with zero attached hydrogens (tertiary/aromatic N) is 2. The largest absolute Gasteiger partial charge is 0.363 e. The highest BCUT2D eigenvalue weighted by Gasteiger charge is 2.16. The van der Waals surface area contributed by atoms with Crippen molar-refractivity contribution in [3.63, 3.8) is 0 Å². The van der Waals surface area contributed by atoms with E-state index in [0.717, 1.165) is 18.7 Å². The van der Waals surface area contributed by atoms with Gasteiger partial charge < -0.3 is 5.32 Å². The predicted octanol–water partition coefficient (Wildman–Crippen LogP) is 3.98. The molecule has 1 unspecified atom stereocenters. The van der Waals surface area contributed by atoms with Crippen LogP contribution in [0.5, 0.6) is 0 Å². The smallest absolute Gasteiger partial charge is 0.133 e. The third-order valence-corrected chi connectivity index (χ3v) is 4.47. The summed E-state index contributed by atoms with van der Waals surface area (Å²) in [5.41, 5.74) is 3.90. The van der Waals surface area contributed by atoms with Crippen molar-refractivity contribution in [1.82, 2.24) is 9.97 Å². The van der Waals surface area contributed by atoms with Gasteiger partial charge in [-0.1, -0.05) is 6.42 Å². The first kappa shape index (κ1) is 12.6. The molecule has 0 fully saturated rings. The molecule has 1 atom stereocenters. The van der Waals surface area contributed by atoms with Crippen LogP contribution in [0.25, 0.3) is 0 Å². The highest BCUT2D eigenvalue weighted by molar-refractivity contribution is 7.07. The molecule has 1 N–H and O–H groups in total. The molecule has 0 bridgehead atoms. The fourth-order valence-electron chi connectivity index (χ4n) is 2.63. The zero-order valence-electron chi connectivity index (χ0n) is 11.2. The number of thiophene rings is 1. The zero-order chi connectivity index (χ0) is 13.1. The molecule has 1 aliphatic carbocycles. The normalized spacial score (nSPS) is 16.5. The Kier molecular flexibility index (Phi) is 3.78. The van der Waals surface area contributed by atoms with E-state index in [1.54, 1.807) is 17.7 Å². The zero-order valence-corrected chi connectivity index (χ0v) is 12.0. The minimum absolute atomic E-state index is 0.300. The van der Waals surface area contributed by atoms with Gasteiger partial charge in [-0.05, 0) is 55.0 Å². The van der Waals surface area contributed by atoms with Crippen LogP contribution < -0.4 is 5.32 Å². The SMILES string of the molecule is CC(Nc1ncnc2c1CCCCC2)c1ccsc1. The Hall–Kier alpha value is -1.42. The molecule has 3 rings (SSSR count). The number of anilines is 1. The molecule has 4 heteroatoms. The van der Waals surface area contributed by atoms with Crippen molar-refractivity contribution in [3.8, 4) is 0 Å². The highest BCUT2D eigenvalue weighted by Crippen LogP contribution is 2.27. The molecule has 100 valence electrons. The van der Waals surface area contributed by atoms with Gasteiger partial charge in [0.15, 0.2) is 0 Å². The van der Waals surface area contributed by atoms with E-state index in [1.165, 1.54) is 36.1 Å². The third kappa shape index (κ3) is 2.78. The molecule has 2 aromatic heterocycles. The van der Waals surface area contributed by atoms with Crippen LogP contribution >= 0.6 is 11.3 Å². The lowest BCUT2D eigenvalue weighted by Gasteiger charge is -2.17. The Labute approximate surface area is 118 Å². The van der Waals surface area contributed by atoms with Gasteiger partial charge in [0.05, 0.1) is 6.04 Å². The quantitative estimate of drug-likeness (QED) is 0.860. The summed E-state index contributed by atoms with van der Waals surface area (Å²) in [6.07, 6.45) is 7.71. The van der Waals surface area contributed by atoms with E-state index in [4.69, 9.17) is 0 Å². The molecular formula is C15H19N3S. The van der Waals surface area contributed by atoms with Crippen LogP contribution in [0, 0.1) is 0 Å². The molecule has 0 radical (unpaired) electrons. The standard InChI is InChI=1S/C15H19N3S/c1-11(12-7-8-19-9-12)18-15-13-5-3-2-4-6-14(13)16-10-17-15/h7-11H,2-6H2,1H3,(H,16,17,18). The van der Waals surface area contributed by atoms with E-state index >= 15 is 0 Å². The van der Waals surface area contributed by atoms with Crippen LogP contribution in [0.15, 0.2) is 23.2 Å². The number of hydrogen-bond donors (Lipinski definition) is 1. The van der Waals surface area contributed by atoms with E-state index in [1.807, 2.05) is 0 Å². The van der Waals surface area contributed by atoms with Gasteiger partial charge >= 0.3 is 0 Å². The summed E-state index contributed by atoms with van der Waals surface area (Å²) in [7, 11) is 0. The van der Waals surface area contributed by atoms with Crippen LogP contribution in [0.1, 0.15) is 49.0 Å². The molecule has 2 heterocycles. The lowest BCUT2D eigenvalue weighted by Crippen LogP contribution is -2.11. The maximum Gasteiger partial charge on any atom is 0.133 e. The van der Waals surface area contributed by atoms with Gasteiger partial charge in [0.2, 0.25) is 0 Å². The maximum atomic E-state index is 4.46. The highest BCUT2D eigenvalue weighted by atomic mass is 32.1. The molecule has 3 nitrogen and oxygen atoms in total. The number of hydrogen-bond acceptors (Lipinski definition) is 4. The molecule has 0 spiro atoms. The van der Waals surface area contributed by atoms with Gasteiger partial charge in [0, 0.05) is 11.3 Å². The fraction of sp³-hybridized carbons (Fsp3) is 0.467. The number of nitrogens with one attached hydrogen (secondary N) is 1. The van der Waals surface area contributed by atoms with Crippen molar-refractivity contribution in [2.45, 2.75) is 45.1 Å². The Bertz CT molecular complexity index is 536. The second kappa shape index (κ2) is 5.70. The third-order valence-electron chi connectivity index (χ3n) is 3.77. The van der Waals surface area contributed by atoms with Crippen LogP contribution in [-0.4, -0.2) is 9.97 Å². The average molecular weight is 273 g/mol. The number of aromatic nitrogens is 2. The minimum atomic E-state index is 0.300. The van der Waals surface area contributed by atoms with Crippen molar-refractivity contribution in [3.05, 3.63) is 40.0 Å². The van der Waals surface area contributed by atoms with Crippen molar-refractivity contribution >= 4 is 17.2 Å². The van der Waals surface area contributed by atoms with E-state index in [9.17, 15) is 0 Å². The summed E-state index contributed by atoms with van der Waals surface area (Å²) in [5, 5.41) is 7.87. The summed E-state index contributed by atoms with van der Waals surface area (Å²) >= 11 is 1.74. The Morgan fingerprint density at radius 1 is 1.21 bits per heavy atom. The van der Waals surface area contributed by atoms with Gasteiger partial charge in [-0.25, -0.2) is 9.97 Å². The van der Waals surface area contributed by atoms with Crippen molar-refractivity contribution in [1.29, 1.82) is 0 Å². The molecule has 0 saturated heterocycles. The lowest BCUT2D eigenvalue weighted by atomic mass is 10.1. The van der Waals surface area contributed by atoms with Crippen molar-refractivity contribution < 1.29 is 0 Å². The van der Waals surface area contributed by atoms with Gasteiger partial charge in [-0.2, -0.15) is 11.3 Å². The minimum Gasteiger partial charge on any atom is -0.363 e. The van der Waals surface area contributed by atoms with Gasteiger partial charge in [0.1, 0.15) is 12.1 Å². The molecular weight excluding hydrogens is 254 g/mol. The first-order valence-corrected chi connectivity index (χ1v) is 7.90. The summed E-state index contributed by atoms with van der Waals surface area (Å²) < 4.78 is 0. The summed E-state index contributed by atoms with van der Waals surface area (Å²) in [6, 6.07) is 2.47. The molecule has 2 aromatic rings. The summed E-state index contributed by atoms with van der Waals surface area (Å²) in [4.78, 5) is 8.93. The number of fused-ring (bicyclic) bond motifs is 1. The maximum absolute atomic E-state index is 4.46. The topological polar surface area (TPSA) is 37.8 Å². The van der Waals surface area contributed by atoms with Crippen molar-refractivity contribution in [2.75, 3.05) is 5.32 Å². The summed E-state index contributed by atoms with van der Waals surface area (Å²) in [6.45, 7) is 2.19. The van der Waals surface area contributed by atoms with Crippen LogP contribution in [0.2, 0.25) is 0 Å². The van der Waals surface area contributed by atoms with E-state index in [2.05, 4.69) is 39.0 Å². The monoisotopic (exact) mass is 273 g/mol. The van der Waals surface area contributed by atoms with Gasteiger partial charge in [-0.3, -0.25) is 0 Å². The average Bonchev–Trinajstić information content (AvgIpc) is 2.84. The molecule has 19 heavy (non-hydrogen) atoms. The molecule has 1 aliphatic rings. The van der Waals surface area contributed by atoms with Gasteiger partial charge in [-0.15, -0.1) is 0 Å². The summed E-state index contributed by atoms with van der Waals surface area (Å²) in [5.74, 6) is 1.03. The second-order valence-electron chi connectivity index (χ2n) is 5.13. The Balaban J connectivity index is 1.85. The van der Waals surface area contributed by atoms with E-state index in [-0.39, 0.29) is 0 Å². The van der Waals surface area contributed by atoms with Crippen molar-refractivity contribution in [2.24, 2.45) is 0 Å². The Morgan fingerprint density at radius 2 is 2.11 bits per heavy atom. The first-order chi connectivity index (χ1) is 9.34. The van der Waals surface area contributed by atoms with Crippen LogP contribution in [0.4, 0.5) is 5.82 Å². The van der Waals surface area contributed by atoms with Crippen LogP contribution in [0.3, 0.4) is 0 Å². The Morgan fingerprint density at radius 3 is 2.95 bits per heavy atom. The van der Waals surface area contributed by atoms with E-state index < -0.39 is 0 Å². The second-order valence-corrected chi connectivity index (χ2v) is 5.91. The fourth-order valence-corrected chi connectivity index (χ4v) is 3.39. The number of aryl methyl sites for hydroxylation is 1. The molecule has 0 aromatic carbocycles. The van der Waals surface area contributed by atoms with E-state index in [0.29, 0.717) is 6.04 Å². The molecule has 0 amide bonds.